The van der Waals surface area contributed by atoms with Crippen LogP contribution in [0.3, 0.4) is 0 Å². The van der Waals surface area contributed by atoms with Crippen molar-refractivity contribution in [2.24, 2.45) is 5.92 Å². The fraction of sp³-hybridized carbons (Fsp3) is 1.00. The van der Waals surface area contributed by atoms with Gasteiger partial charge in [0, 0.05) is 9.47 Å². The Morgan fingerprint density at radius 2 is 1.78 bits per heavy atom. The van der Waals surface area contributed by atoms with E-state index >= 15 is 0 Å². The summed E-state index contributed by atoms with van der Waals surface area (Å²) in [5, 5.41) is 0. The molecule has 0 heterocycles. The van der Waals surface area contributed by atoms with E-state index in [9.17, 15) is 0 Å². The van der Waals surface area contributed by atoms with Gasteiger partial charge in [-0.05, 0) is 31.6 Å². The third-order valence-electron chi connectivity index (χ3n) is 2.16. The molecule has 0 aromatic rings. The Morgan fingerprint density at radius 1 is 1.22 bits per heavy atom. The largest absolute Gasteiger partial charge is 0.362 e. The van der Waals surface area contributed by atoms with Crippen molar-refractivity contribution in [1.29, 1.82) is 0 Å². The molecule has 54 valence electrons. The molecule has 0 bridgehead atoms. The smallest absolute Gasteiger partial charge is 0.0611 e. The predicted molar refractivity (Wildman–Crippen MR) is 42.2 cm³/mol. The Morgan fingerprint density at radius 3 is 2.22 bits per heavy atom. The maximum absolute atomic E-state index is 5.16. The van der Waals surface area contributed by atoms with E-state index < -0.39 is 0 Å². The van der Waals surface area contributed by atoms with Crippen molar-refractivity contribution in [3.8, 4) is 0 Å². The van der Waals surface area contributed by atoms with E-state index in [1.807, 2.05) is 0 Å². The lowest BCUT2D eigenvalue weighted by Gasteiger charge is -2.24. The van der Waals surface area contributed by atoms with Gasteiger partial charge < -0.3 is 4.52 Å². The van der Waals surface area contributed by atoms with Gasteiger partial charge in [0.05, 0.1) is 6.10 Å². The average Bonchev–Trinajstić information content (AvgIpc) is 1.90. The molecule has 9 heavy (non-hydrogen) atoms. The molecular weight excluding hydrogens is 131 g/mol. The van der Waals surface area contributed by atoms with Gasteiger partial charge in [-0.15, -0.1) is 0 Å². The Labute approximate surface area is 59.5 Å². The van der Waals surface area contributed by atoms with Gasteiger partial charge in [-0.25, -0.2) is 0 Å². The highest BCUT2D eigenvalue weighted by Gasteiger charge is 2.16. The van der Waals surface area contributed by atoms with Crippen LogP contribution in [-0.2, 0) is 4.52 Å². The molecule has 1 aliphatic rings. The molecule has 0 amide bonds. The van der Waals surface area contributed by atoms with Crippen molar-refractivity contribution < 1.29 is 4.52 Å². The van der Waals surface area contributed by atoms with Crippen LogP contribution in [0.5, 0.6) is 0 Å². The van der Waals surface area contributed by atoms with E-state index in [0.717, 1.165) is 5.92 Å². The summed E-state index contributed by atoms with van der Waals surface area (Å²) in [7, 11) is 2.36. The maximum Gasteiger partial charge on any atom is 0.0611 e. The molecule has 0 aromatic carbocycles. The van der Waals surface area contributed by atoms with Crippen LogP contribution in [0.15, 0.2) is 0 Å². The lowest BCUT2D eigenvalue weighted by Crippen LogP contribution is -2.16. The first kappa shape index (κ1) is 7.50. The predicted octanol–water partition coefficient (Wildman–Crippen LogP) is 2.37. The second kappa shape index (κ2) is 3.53. The normalized spacial score (nSPS) is 36.7. The van der Waals surface area contributed by atoms with Gasteiger partial charge in [-0.3, -0.25) is 0 Å². The molecule has 1 fully saturated rings. The minimum atomic E-state index is 0.534. The zero-order valence-electron chi connectivity index (χ0n) is 5.97. The van der Waals surface area contributed by atoms with Crippen molar-refractivity contribution in [1.82, 2.24) is 0 Å². The number of hydrogen-bond donors (Lipinski definition) is 0. The van der Waals surface area contributed by atoms with E-state index in [1.54, 1.807) is 0 Å². The molecule has 0 aliphatic heterocycles. The Hall–Kier alpha value is 0.390. The molecular formula is C7H15OP. The summed E-state index contributed by atoms with van der Waals surface area (Å²) in [5.41, 5.74) is 0. The summed E-state index contributed by atoms with van der Waals surface area (Å²) in [6, 6.07) is 0. The van der Waals surface area contributed by atoms with Crippen molar-refractivity contribution >= 4 is 9.47 Å². The first-order chi connectivity index (χ1) is 4.33. The van der Waals surface area contributed by atoms with Gasteiger partial charge in [-0.2, -0.15) is 0 Å². The van der Waals surface area contributed by atoms with Gasteiger partial charge in [0.2, 0.25) is 0 Å². The van der Waals surface area contributed by atoms with Crippen LogP contribution in [-0.4, -0.2) is 6.10 Å². The second-order valence-electron chi connectivity index (χ2n) is 3.02. The molecule has 2 heteroatoms. The van der Waals surface area contributed by atoms with Crippen LogP contribution in [0.1, 0.15) is 32.6 Å². The molecule has 1 atom stereocenters. The van der Waals surface area contributed by atoms with Gasteiger partial charge in [0.15, 0.2) is 0 Å². The summed E-state index contributed by atoms with van der Waals surface area (Å²) in [4.78, 5) is 0. The van der Waals surface area contributed by atoms with Crippen LogP contribution in [0.2, 0.25) is 0 Å². The Bertz CT molecular complexity index is 77.0. The number of rotatable bonds is 1. The molecule has 0 radical (unpaired) electrons. The minimum absolute atomic E-state index is 0.534. The van der Waals surface area contributed by atoms with Gasteiger partial charge in [0.1, 0.15) is 0 Å². The Kier molecular flexibility index (Phi) is 2.94. The van der Waals surface area contributed by atoms with Gasteiger partial charge in [-0.1, -0.05) is 6.92 Å². The SMILES string of the molecule is CC1CCC(OP)CC1. The average molecular weight is 146 g/mol. The molecule has 0 aromatic heterocycles. The first-order valence-electron chi connectivity index (χ1n) is 3.68. The molecule has 0 spiro atoms. The molecule has 0 N–H and O–H groups in total. The van der Waals surface area contributed by atoms with Gasteiger partial charge in [0.25, 0.3) is 0 Å². The topological polar surface area (TPSA) is 9.23 Å². The third kappa shape index (κ3) is 2.23. The monoisotopic (exact) mass is 146 g/mol. The van der Waals surface area contributed by atoms with Crippen LogP contribution in [0.4, 0.5) is 0 Å². The summed E-state index contributed by atoms with van der Waals surface area (Å²) >= 11 is 0. The molecule has 1 aliphatic carbocycles. The summed E-state index contributed by atoms with van der Waals surface area (Å²) in [6.45, 7) is 2.32. The molecule has 1 saturated carbocycles. The van der Waals surface area contributed by atoms with E-state index in [4.69, 9.17) is 4.52 Å². The highest BCUT2D eigenvalue weighted by Crippen LogP contribution is 2.26. The maximum atomic E-state index is 5.16. The highest BCUT2D eigenvalue weighted by atomic mass is 31.0. The fourth-order valence-electron chi connectivity index (χ4n) is 1.37. The van der Waals surface area contributed by atoms with Crippen molar-refractivity contribution in [3.63, 3.8) is 0 Å². The molecule has 1 rings (SSSR count). The second-order valence-corrected chi connectivity index (χ2v) is 3.29. The van der Waals surface area contributed by atoms with E-state index in [-0.39, 0.29) is 0 Å². The number of hydrogen-bond acceptors (Lipinski definition) is 1. The van der Waals surface area contributed by atoms with E-state index in [1.165, 1.54) is 25.7 Å². The summed E-state index contributed by atoms with van der Waals surface area (Å²) in [5.74, 6) is 0.932. The Balaban J connectivity index is 2.18. The quantitative estimate of drug-likeness (QED) is 0.516. The summed E-state index contributed by atoms with van der Waals surface area (Å²) < 4.78 is 5.16. The molecule has 1 unspecified atom stereocenters. The molecule has 0 saturated heterocycles. The van der Waals surface area contributed by atoms with Crippen LogP contribution < -0.4 is 0 Å². The lowest BCUT2D eigenvalue weighted by molar-refractivity contribution is 0.159. The van der Waals surface area contributed by atoms with E-state index in [2.05, 4.69) is 16.4 Å². The fourth-order valence-corrected chi connectivity index (χ4v) is 1.64. The summed E-state index contributed by atoms with van der Waals surface area (Å²) in [6.07, 6.45) is 5.74. The lowest BCUT2D eigenvalue weighted by atomic mass is 9.89. The van der Waals surface area contributed by atoms with Crippen molar-refractivity contribution in [2.75, 3.05) is 0 Å². The van der Waals surface area contributed by atoms with Crippen molar-refractivity contribution in [3.05, 3.63) is 0 Å². The first-order valence-corrected chi connectivity index (χ1v) is 4.15. The highest BCUT2D eigenvalue weighted by molar-refractivity contribution is 7.09. The molecule has 1 nitrogen and oxygen atoms in total. The van der Waals surface area contributed by atoms with E-state index in [0.29, 0.717) is 6.10 Å². The van der Waals surface area contributed by atoms with Crippen LogP contribution in [0.25, 0.3) is 0 Å². The zero-order chi connectivity index (χ0) is 6.69. The van der Waals surface area contributed by atoms with Crippen LogP contribution in [0, 0.1) is 5.92 Å². The standard InChI is InChI=1S/C7H15OP/c1-6-2-4-7(8-9)5-3-6/h6-7H,2-5,9H2,1H3. The van der Waals surface area contributed by atoms with Crippen molar-refractivity contribution in [2.45, 2.75) is 38.7 Å². The third-order valence-corrected chi connectivity index (χ3v) is 2.54. The van der Waals surface area contributed by atoms with Gasteiger partial charge >= 0.3 is 0 Å². The minimum Gasteiger partial charge on any atom is -0.362 e. The van der Waals surface area contributed by atoms with Crippen LogP contribution >= 0.6 is 9.47 Å². The zero-order valence-corrected chi connectivity index (χ0v) is 7.12.